The third-order valence-corrected chi connectivity index (χ3v) is 9.05. The van der Waals surface area contributed by atoms with Gasteiger partial charge >= 0.3 is 0 Å². The van der Waals surface area contributed by atoms with Gasteiger partial charge in [0.15, 0.2) is 0 Å². The van der Waals surface area contributed by atoms with Gasteiger partial charge in [-0.3, -0.25) is 14.4 Å². The maximum atomic E-state index is 14.3. The molecule has 2 N–H and O–H groups in total. The smallest absolute Gasteiger partial charge is 0.256 e. The largest absolute Gasteiger partial charge is 0.496 e. The minimum Gasteiger partial charge on any atom is -0.496 e. The van der Waals surface area contributed by atoms with Crippen molar-refractivity contribution in [2.45, 2.75) is 37.6 Å². The number of aliphatic hydroxyl groups excluding tert-OH is 1. The average molecular weight is 603 g/mol. The summed E-state index contributed by atoms with van der Waals surface area (Å²) < 4.78 is 7.47. The minimum atomic E-state index is -0.917. The Morgan fingerprint density at radius 3 is 2.51 bits per heavy atom. The van der Waals surface area contributed by atoms with Gasteiger partial charge in [-0.2, -0.15) is 0 Å². The van der Waals surface area contributed by atoms with Gasteiger partial charge in [0.2, 0.25) is 11.8 Å². The van der Waals surface area contributed by atoms with E-state index in [1.165, 1.54) is 4.90 Å². The van der Waals surface area contributed by atoms with Crippen molar-refractivity contribution in [2.24, 2.45) is 7.05 Å². The summed E-state index contributed by atoms with van der Waals surface area (Å²) in [6.07, 6.45) is 1.31. The van der Waals surface area contributed by atoms with Crippen molar-refractivity contribution in [3.05, 3.63) is 108 Å². The first kappa shape index (κ1) is 28.6. The number of carbonyl (C=O) groups excluding carboxylic acids is 3. The van der Waals surface area contributed by atoms with Crippen LogP contribution in [-0.4, -0.2) is 64.1 Å². The van der Waals surface area contributed by atoms with Crippen LogP contribution in [-0.2, 0) is 29.6 Å². The van der Waals surface area contributed by atoms with Crippen molar-refractivity contribution in [2.75, 3.05) is 18.6 Å². The highest BCUT2D eigenvalue weighted by molar-refractivity contribution is 6.11. The van der Waals surface area contributed by atoms with Crippen LogP contribution >= 0.6 is 0 Å². The van der Waals surface area contributed by atoms with E-state index < -0.39 is 24.1 Å². The number of carbonyl (C=O) groups is 3. The van der Waals surface area contributed by atoms with Crippen LogP contribution in [0.25, 0.3) is 21.7 Å². The number of aliphatic hydroxyl groups is 1. The molecule has 0 spiro atoms. The fourth-order valence-electron chi connectivity index (χ4n) is 6.88. The molecule has 1 fully saturated rings. The Hall–Kier alpha value is -5.15. The second kappa shape index (κ2) is 11.4. The van der Waals surface area contributed by atoms with Gasteiger partial charge in [0.1, 0.15) is 17.8 Å². The molecular formula is C36H34N4O5. The minimum absolute atomic E-state index is 0.0352. The maximum absolute atomic E-state index is 14.3. The highest BCUT2D eigenvalue weighted by atomic mass is 16.5. The van der Waals surface area contributed by atoms with E-state index in [4.69, 9.17) is 4.74 Å². The second-order valence-corrected chi connectivity index (χ2v) is 11.8. The van der Waals surface area contributed by atoms with Crippen molar-refractivity contribution in [3.8, 4) is 5.75 Å². The lowest BCUT2D eigenvalue weighted by Crippen LogP contribution is -2.56. The molecule has 0 bridgehead atoms. The first-order valence-corrected chi connectivity index (χ1v) is 15.1. The SMILES string of the molecule is COc1ccccc1CN1C(=O)C(NC(=O)C2C[C@@H](O)CN2C(=O)c2cn(C)c3ccccc23)Cc2ccc3ccccc3c21. The van der Waals surface area contributed by atoms with Crippen molar-refractivity contribution in [3.63, 3.8) is 0 Å². The van der Waals surface area contributed by atoms with Crippen LogP contribution in [0.4, 0.5) is 5.69 Å². The quantitative estimate of drug-likeness (QED) is 0.304. The summed E-state index contributed by atoms with van der Waals surface area (Å²) in [5.74, 6) is -0.364. The zero-order valence-electron chi connectivity index (χ0n) is 25.1. The average Bonchev–Trinajstić information content (AvgIpc) is 3.62. The standard InChI is InChI=1S/C36H34N4O5/c1-38-21-28(27-12-6-7-13-30(27)38)35(43)39-20-25(41)18-31(39)34(42)37-29-17-23-16-15-22-9-3-5-11-26(22)33(23)40(36(29)44)19-24-10-4-8-14-32(24)45-2/h3-16,21,25,29,31,41H,17-20H2,1-2H3,(H,37,42)/t25-,29?,31?/m1/s1. The van der Waals surface area contributed by atoms with E-state index >= 15 is 0 Å². The summed E-state index contributed by atoms with van der Waals surface area (Å²) in [6.45, 7) is 0.289. The number of nitrogens with one attached hydrogen (secondary N) is 1. The van der Waals surface area contributed by atoms with Gasteiger partial charge < -0.3 is 29.5 Å². The fourth-order valence-corrected chi connectivity index (χ4v) is 6.88. The Morgan fingerprint density at radius 1 is 0.956 bits per heavy atom. The van der Waals surface area contributed by atoms with Gasteiger partial charge in [-0.05, 0) is 23.1 Å². The number of hydrogen-bond acceptors (Lipinski definition) is 5. The van der Waals surface area contributed by atoms with E-state index in [0.717, 1.165) is 38.5 Å². The summed E-state index contributed by atoms with van der Waals surface area (Å²) >= 11 is 0. The van der Waals surface area contributed by atoms with E-state index in [0.29, 0.717) is 17.7 Å². The zero-order valence-corrected chi connectivity index (χ0v) is 25.1. The summed E-state index contributed by atoms with van der Waals surface area (Å²) in [5.41, 5.74) is 3.96. The number of β-amino-alcohol motifs (C(OH)–C–C–N with tert-alkyl or cyclic N) is 1. The molecule has 2 unspecified atom stereocenters. The van der Waals surface area contributed by atoms with Gasteiger partial charge in [-0.25, -0.2) is 0 Å². The zero-order chi connectivity index (χ0) is 31.2. The Kier molecular flexibility index (Phi) is 7.25. The van der Waals surface area contributed by atoms with Crippen LogP contribution in [0.2, 0.25) is 0 Å². The van der Waals surface area contributed by atoms with E-state index in [1.807, 2.05) is 96.5 Å². The number of methoxy groups -OCH3 is 1. The lowest BCUT2D eigenvalue weighted by atomic mass is 9.92. The number of ether oxygens (including phenoxy) is 1. The third-order valence-electron chi connectivity index (χ3n) is 9.05. The highest BCUT2D eigenvalue weighted by Crippen LogP contribution is 2.37. The molecule has 3 amide bonds. The summed E-state index contributed by atoms with van der Waals surface area (Å²) in [4.78, 5) is 45.2. The summed E-state index contributed by atoms with van der Waals surface area (Å²) in [6, 6.07) is 25.4. The Balaban J connectivity index is 1.20. The number of para-hydroxylation sites is 2. The lowest BCUT2D eigenvalue weighted by molar-refractivity contribution is -0.130. The molecule has 7 rings (SSSR count). The molecular weight excluding hydrogens is 568 g/mol. The van der Waals surface area contributed by atoms with Gasteiger partial charge in [0.05, 0.1) is 31.0 Å². The molecule has 0 saturated carbocycles. The highest BCUT2D eigenvalue weighted by Gasteiger charge is 2.42. The van der Waals surface area contributed by atoms with Crippen LogP contribution in [0.3, 0.4) is 0 Å². The van der Waals surface area contributed by atoms with E-state index in [2.05, 4.69) is 5.32 Å². The third kappa shape index (κ3) is 4.99. The fraction of sp³-hybridized carbons (Fsp3) is 0.250. The number of aryl methyl sites for hydroxylation is 1. The van der Waals surface area contributed by atoms with Gasteiger partial charge in [-0.1, -0.05) is 72.8 Å². The monoisotopic (exact) mass is 602 g/mol. The Labute approximate surface area is 260 Å². The van der Waals surface area contributed by atoms with E-state index in [-0.39, 0.29) is 31.3 Å². The molecule has 0 radical (unpaired) electrons. The van der Waals surface area contributed by atoms with Crippen molar-refractivity contribution >= 4 is 45.1 Å². The molecule has 0 aliphatic carbocycles. The lowest BCUT2D eigenvalue weighted by Gasteiger charge is -2.36. The maximum Gasteiger partial charge on any atom is 0.256 e. The molecule has 9 heteroatoms. The van der Waals surface area contributed by atoms with Gasteiger partial charge in [0, 0.05) is 54.5 Å². The molecule has 228 valence electrons. The molecule has 9 nitrogen and oxygen atoms in total. The van der Waals surface area contributed by atoms with E-state index in [9.17, 15) is 19.5 Å². The number of aromatic nitrogens is 1. The predicted octanol–water partition coefficient (Wildman–Crippen LogP) is 4.19. The second-order valence-electron chi connectivity index (χ2n) is 11.8. The number of fused-ring (bicyclic) bond motifs is 4. The topological polar surface area (TPSA) is 104 Å². The Morgan fingerprint density at radius 2 is 1.69 bits per heavy atom. The van der Waals surface area contributed by atoms with Crippen LogP contribution in [0.15, 0.2) is 91.1 Å². The molecule has 1 aromatic heterocycles. The molecule has 4 aromatic carbocycles. The van der Waals surface area contributed by atoms with Crippen molar-refractivity contribution in [1.82, 2.24) is 14.8 Å². The van der Waals surface area contributed by atoms with E-state index in [1.54, 1.807) is 18.2 Å². The van der Waals surface area contributed by atoms with Crippen LogP contribution < -0.4 is 15.0 Å². The molecule has 5 aromatic rings. The molecule has 45 heavy (non-hydrogen) atoms. The first-order chi connectivity index (χ1) is 21.8. The van der Waals surface area contributed by atoms with Crippen molar-refractivity contribution in [1.29, 1.82) is 0 Å². The predicted molar refractivity (Wildman–Crippen MR) is 172 cm³/mol. The Bertz CT molecular complexity index is 1970. The van der Waals surface area contributed by atoms with Crippen LogP contribution in [0.5, 0.6) is 5.75 Å². The van der Waals surface area contributed by atoms with Crippen molar-refractivity contribution < 1.29 is 24.2 Å². The number of rotatable bonds is 6. The first-order valence-electron chi connectivity index (χ1n) is 15.1. The van der Waals surface area contributed by atoms with Gasteiger partial charge in [-0.15, -0.1) is 0 Å². The normalized spacial score (nSPS) is 19.6. The number of hydrogen-bond donors (Lipinski definition) is 2. The summed E-state index contributed by atoms with van der Waals surface area (Å²) in [5, 5.41) is 16.3. The van der Waals surface area contributed by atoms with Crippen LogP contribution in [0.1, 0.15) is 27.9 Å². The molecule has 3 heterocycles. The number of likely N-dealkylation sites (tertiary alicyclic amines) is 1. The number of nitrogens with zero attached hydrogens (tertiary/aromatic N) is 3. The molecule has 2 aliphatic heterocycles. The van der Waals surface area contributed by atoms with Gasteiger partial charge in [0.25, 0.3) is 5.91 Å². The summed E-state index contributed by atoms with van der Waals surface area (Å²) in [7, 11) is 3.47. The molecule has 3 atom stereocenters. The molecule has 1 saturated heterocycles. The molecule has 2 aliphatic rings. The number of benzene rings is 4. The number of amides is 3. The number of anilines is 1. The van der Waals surface area contributed by atoms with Crippen LogP contribution in [0, 0.1) is 0 Å².